The molecular formula is C23H22FN3O2S. The van der Waals surface area contributed by atoms with Crippen LogP contribution in [-0.2, 0) is 0 Å². The predicted molar refractivity (Wildman–Crippen MR) is 118 cm³/mol. The lowest BCUT2D eigenvalue weighted by atomic mass is 9.97. The zero-order chi connectivity index (χ0) is 21.1. The first kappa shape index (κ1) is 20.2. The largest absolute Gasteiger partial charge is 0.352 e. The van der Waals surface area contributed by atoms with Gasteiger partial charge in [0.05, 0.1) is 16.6 Å². The number of nitrogens with zero attached hydrogens (tertiary/aromatic N) is 1. The zero-order valence-electron chi connectivity index (χ0n) is 16.4. The maximum absolute atomic E-state index is 14.2. The van der Waals surface area contributed by atoms with Crippen LogP contribution in [0.4, 0.5) is 4.39 Å². The molecule has 0 fully saturated rings. The topological polar surface area (TPSA) is 66.9 Å². The first-order valence-corrected chi connectivity index (χ1v) is 10.5. The van der Waals surface area contributed by atoms with Crippen molar-refractivity contribution < 1.29 is 9.18 Å². The number of H-pyrrole nitrogens is 1. The second kappa shape index (κ2) is 8.75. The number of nitrogens with one attached hydrogen (secondary N) is 2. The van der Waals surface area contributed by atoms with Gasteiger partial charge in [-0.05, 0) is 74.7 Å². The van der Waals surface area contributed by atoms with Gasteiger partial charge in [0.1, 0.15) is 5.82 Å². The van der Waals surface area contributed by atoms with Crippen molar-refractivity contribution in [3.8, 4) is 5.69 Å². The van der Waals surface area contributed by atoms with Gasteiger partial charge in [0, 0.05) is 12.1 Å². The van der Waals surface area contributed by atoms with Crippen LogP contribution in [0.3, 0.4) is 0 Å². The summed E-state index contributed by atoms with van der Waals surface area (Å²) in [5, 5.41) is 3.26. The average Bonchev–Trinajstić information content (AvgIpc) is 2.75. The third-order valence-electron chi connectivity index (χ3n) is 5.37. The van der Waals surface area contributed by atoms with Crippen LogP contribution in [0.15, 0.2) is 58.9 Å². The second-order valence-corrected chi connectivity index (χ2v) is 7.78. The number of hydrogen-bond acceptors (Lipinski definition) is 3. The number of aromatic nitrogens is 2. The molecule has 1 amide bonds. The summed E-state index contributed by atoms with van der Waals surface area (Å²) >= 11 is 5.29. The molecule has 0 aliphatic heterocycles. The minimum Gasteiger partial charge on any atom is -0.352 e. The maximum Gasteiger partial charge on any atom is 0.266 e. The van der Waals surface area contributed by atoms with E-state index >= 15 is 0 Å². The van der Waals surface area contributed by atoms with Crippen molar-refractivity contribution in [2.24, 2.45) is 0 Å². The van der Waals surface area contributed by atoms with Gasteiger partial charge in [-0.15, -0.1) is 0 Å². The van der Waals surface area contributed by atoms with E-state index in [-0.39, 0.29) is 16.4 Å². The summed E-state index contributed by atoms with van der Waals surface area (Å²) in [5.74, 6) is -0.742. The van der Waals surface area contributed by atoms with Gasteiger partial charge in [0.25, 0.3) is 11.5 Å². The van der Waals surface area contributed by atoms with Crippen molar-refractivity contribution in [1.29, 1.82) is 0 Å². The molecule has 3 aromatic rings. The van der Waals surface area contributed by atoms with Gasteiger partial charge < -0.3 is 10.3 Å². The highest BCUT2D eigenvalue weighted by atomic mass is 32.1. The summed E-state index contributed by atoms with van der Waals surface area (Å²) in [6.07, 6.45) is 7.82. The number of halogens is 1. The van der Waals surface area contributed by atoms with E-state index in [0.717, 1.165) is 23.8 Å². The van der Waals surface area contributed by atoms with Gasteiger partial charge in [0.2, 0.25) is 0 Å². The number of allylic oxidation sites excluding steroid dienone is 1. The van der Waals surface area contributed by atoms with E-state index in [9.17, 15) is 14.0 Å². The summed E-state index contributed by atoms with van der Waals surface area (Å²) in [6.45, 7) is 0.577. The second-order valence-electron chi connectivity index (χ2n) is 7.40. The first-order chi connectivity index (χ1) is 14.5. The lowest BCUT2D eigenvalue weighted by Crippen LogP contribution is -2.25. The van der Waals surface area contributed by atoms with Gasteiger partial charge in [-0.1, -0.05) is 23.8 Å². The Balaban J connectivity index is 1.59. The van der Waals surface area contributed by atoms with Crippen LogP contribution in [0.5, 0.6) is 0 Å². The lowest BCUT2D eigenvalue weighted by molar-refractivity contribution is 0.0954. The van der Waals surface area contributed by atoms with Crippen LogP contribution >= 0.6 is 12.2 Å². The van der Waals surface area contributed by atoms with Crippen LogP contribution < -0.4 is 10.9 Å². The van der Waals surface area contributed by atoms with E-state index in [1.165, 1.54) is 30.5 Å². The third kappa shape index (κ3) is 4.11. The van der Waals surface area contributed by atoms with Gasteiger partial charge >= 0.3 is 0 Å². The number of hydrogen-bond donors (Lipinski definition) is 2. The Labute approximate surface area is 178 Å². The van der Waals surface area contributed by atoms with Crippen molar-refractivity contribution in [1.82, 2.24) is 14.9 Å². The molecule has 7 heteroatoms. The average molecular weight is 424 g/mol. The molecule has 0 unspecified atom stereocenters. The minimum atomic E-state index is -0.539. The quantitative estimate of drug-likeness (QED) is 0.457. The third-order valence-corrected chi connectivity index (χ3v) is 5.65. The van der Waals surface area contributed by atoms with Gasteiger partial charge in [0.15, 0.2) is 4.77 Å². The van der Waals surface area contributed by atoms with Crippen LogP contribution in [0.25, 0.3) is 16.6 Å². The van der Waals surface area contributed by atoms with Gasteiger partial charge in [-0.25, -0.2) is 8.96 Å². The molecule has 0 saturated heterocycles. The fourth-order valence-corrected chi connectivity index (χ4v) is 4.07. The molecule has 30 heavy (non-hydrogen) atoms. The molecular weight excluding hydrogens is 401 g/mol. The van der Waals surface area contributed by atoms with Gasteiger partial charge in [-0.3, -0.25) is 9.59 Å². The van der Waals surface area contributed by atoms with Crippen LogP contribution in [0.1, 0.15) is 42.5 Å². The number of carbonyl (C=O) groups is 1. The highest BCUT2D eigenvalue weighted by Gasteiger charge is 2.13. The molecule has 1 aromatic heterocycles. The van der Waals surface area contributed by atoms with Crippen molar-refractivity contribution in [3.05, 3.63) is 80.6 Å². The summed E-state index contributed by atoms with van der Waals surface area (Å²) in [6, 6.07) is 10.7. The number of fused-ring (bicyclic) bond motifs is 1. The number of rotatable bonds is 5. The molecule has 1 heterocycles. The van der Waals surface area contributed by atoms with Crippen LogP contribution in [0.2, 0.25) is 0 Å². The summed E-state index contributed by atoms with van der Waals surface area (Å²) in [4.78, 5) is 28.4. The van der Waals surface area contributed by atoms with Crippen molar-refractivity contribution >= 4 is 29.0 Å². The van der Waals surface area contributed by atoms with E-state index < -0.39 is 11.4 Å². The Hall–Kier alpha value is -3.06. The van der Waals surface area contributed by atoms with Crippen LogP contribution in [-0.4, -0.2) is 22.0 Å². The number of carbonyl (C=O) groups excluding carboxylic acids is 1. The Kier molecular flexibility index (Phi) is 5.90. The molecule has 0 spiro atoms. The van der Waals surface area contributed by atoms with Crippen molar-refractivity contribution in [3.63, 3.8) is 0 Å². The molecule has 2 aromatic carbocycles. The highest BCUT2D eigenvalue weighted by Crippen LogP contribution is 2.19. The Bertz CT molecular complexity index is 1260. The number of aromatic amines is 1. The Morgan fingerprint density at radius 2 is 2.03 bits per heavy atom. The lowest BCUT2D eigenvalue weighted by Gasteiger charge is -2.13. The van der Waals surface area contributed by atoms with E-state index in [1.54, 1.807) is 30.3 Å². The SMILES string of the molecule is O=C(NCCC1=CCCCC1)c1ccc2c(=O)n(-c3ccccc3F)c(=S)[nH]c2c1. The summed E-state index contributed by atoms with van der Waals surface area (Å²) in [5.41, 5.74) is 1.94. The monoisotopic (exact) mass is 423 g/mol. The molecule has 5 nitrogen and oxygen atoms in total. The Morgan fingerprint density at radius 1 is 1.20 bits per heavy atom. The zero-order valence-corrected chi connectivity index (χ0v) is 17.2. The molecule has 1 aliphatic carbocycles. The smallest absolute Gasteiger partial charge is 0.266 e. The van der Waals surface area contributed by atoms with E-state index in [2.05, 4.69) is 16.4 Å². The van der Waals surface area contributed by atoms with E-state index in [1.807, 2.05) is 0 Å². The predicted octanol–water partition coefficient (Wildman–Crippen LogP) is 4.81. The molecule has 0 atom stereocenters. The maximum atomic E-state index is 14.2. The fourth-order valence-electron chi connectivity index (χ4n) is 3.78. The van der Waals surface area contributed by atoms with Gasteiger partial charge in [-0.2, -0.15) is 0 Å². The summed E-state index contributed by atoms with van der Waals surface area (Å²) in [7, 11) is 0. The molecule has 2 N–H and O–H groups in total. The number of amides is 1. The first-order valence-electron chi connectivity index (χ1n) is 10.0. The van der Waals surface area contributed by atoms with E-state index in [0.29, 0.717) is 23.0 Å². The molecule has 0 saturated carbocycles. The van der Waals surface area contributed by atoms with E-state index in [4.69, 9.17) is 12.2 Å². The molecule has 0 radical (unpaired) electrons. The highest BCUT2D eigenvalue weighted by molar-refractivity contribution is 7.71. The van der Waals surface area contributed by atoms with Crippen molar-refractivity contribution in [2.45, 2.75) is 32.1 Å². The molecule has 0 bridgehead atoms. The fraction of sp³-hybridized carbons (Fsp3) is 0.261. The summed E-state index contributed by atoms with van der Waals surface area (Å²) < 4.78 is 15.4. The number of benzene rings is 2. The minimum absolute atomic E-state index is 0.0689. The molecule has 4 rings (SSSR count). The molecule has 1 aliphatic rings. The van der Waals surface area contributed by atoms with Crippen LogP contribution in [0, 0.1) is 10.6 Å². The molecule has 154 valence electrons. The van der Waals surface area contributed by atoms with Crippen molar-refractivity contribution in [2.75, 3.05) is 6.54 Å². The normalized spacial score (nSPS) is 13.8. The number of para-hydroxylation sites is 1. The Morgan fingerprint density at radius 3 is 2.80 bits per heavy atom. The standard InChI is InChI=1S/C23H22FN3O2S/c24-18-8-4-5-9-20(18)27-22(29)17-11-10-16(14-19(17)26-23(27)30)21(28)25-13-12-15-6-2-1-3-7-15/h4-6,8-11,14H,1-3,7,12-13H2,(H,25,28)(H,26,30).